The highest BCUT2D eigenvalue weighted by atomic mass is 19.1. The lowest BCUT2D eigenvalue weighted by Gasteiger charge is -2.07. The molecule has 2 rings (SSSR count). The van der Waals surface area contributed by atoms with Crippen molar-refractivity contribution in [1.82, 2.24) is 10.3 Å². The molecule has 0 bridgehead atoms. The molecule has 1 N–H and O–H groups in total. The lowest BCUT2D eigenvalue weighted by Crippen LogP contribution is -2.19. The molecule has 0 atom stereocenters. The van der Waals surface area contributed by atoms with Gasteiger partial charge in [0.25, 0.3) is 0 Å². The van der Waals surface area contributed by atoms with Crippen LogP contribution in [0.4, 0.5) is 4.39 Å². The molecule has 1 aromatic heterocycles. The van der Waals surface area contributed by atoms with Crippen molar-refractivity contribution in [3.05, 3.63) is 36.1 Å². The Morgan fingerprint density at radius 3 is 2.85 bits per heavy atom. The Kier molecular flexibility index (Phi) is 4.74. The molecule has 0 radical (unpaired) electrons. The Morgan fingerprint density at radius 1 is 1.40 bits per heavy atom. The molecule has 1 aromatic carbocycles. The maximum Gasteiger partial charge on any atom is 0.181 e. The van der Waals surface area contributed by atoms with E-state index >= 15 is 0 Å². The zero-order valence-electron chi connectivity index (χ0n) is 11.9. The summed E-state index contributed by atoms with van der Waals surface area (Å²) in [5.41, 5.74) is 1.43. The summed E-state index contributed by atoms with van der Waals surface area (Å²) in [4.78, 5) is 4.18. The number of hydrogen-bond acceptors (Lipinski definition) is 4. The lowest BCUT2D eigenvalue weighted by molar-refractivity contribution is 0.386. The molecule has 0 amide bonds. The molecule has 2 aromatic rings. The van der Waals surface area contributed by atoms with Crippen molar-refractivity contribution in [2.45, 2.75) is 20.4 Å². The monoisotopic (exact) mass is 278 g/mol. The highest BCUT2D eigenvalue weighted by molar-refractivity contribution is 5.61. The van der Waals surface area contributed by atoms with E-state index in [-0.39, 0.29) is 5.75 Å². The second-order valence-electron chi connectivity index (χ2n) is 5.00. The summed E-state index contributed by atoms with van der Waals surface area (Å²) >= 11 is 0. The van der Waals surface area contributed by atoms with E-state index in [1.807, 2.05) is 0 Å². The fraction of sp³-hybridized carbons (Fsp3) is 0.400. The van der Waals surface area contributed by atoms with Crippen LogP contribution >= 0.6 is 0 Å². The number of nitrogens with zero attached hydrogens (tertiary/aromatic N) is 1. The maximum atomic E-state index is 13.7. The van der Waals surface area contributed by atoms with Gasteiger partial charge in [0, 0.05) is 12.1 Å². The number of benzene rings is 1. The van der Waals surface area contributed by atoms with E-state index in [0.29, 0.717) is 23.8 Å². The van der Waals surface area contributed by atoms with Crippen molar-refractivity contribution in [3.63, 3.8) is 0 Å². The first-order chi connectivity index (χ1) is 9.61. The third-order valence-electron chi connectivity index (χ3n) is 2.90. The minimum Gasteiger partial charge on any atom is -0.494 e. The molecule has 0 aliphatic rings. The Labute approximate surface area is 118 Å². The smallest absolute Gasteiger partial charge is 0.181 e. The minimum absolute atomic E-state index is 0.216. The van der Waals surface area contributed by atoms with Crippen LogP contribution in [0, 0.1) is 11.7 Å². The molecule has 4 nitrogen and oxygen atoms in total. The number of halogens is 1. The number of aromatic nitrogens is 1. The van der Waals surface area contributed by atoms with Crippen molar-refractivity contribution < 1.29 is 13.5 Å². The van der Waals surface area contributed by atoms with Gasteiger partial charge in [-0.3, -0.25) is 0 Å². The molecule has 0 unspecified atom stereocenters. The van der Waals surface area contributed by atoms with Crippen molar-refractivity contribution in [2.75, 3.05) is 13.7 Å². The molecular weight excluding hydrogens is 259 g/mol. The number of oxazole rings is 1. The summed E-state index contributed by atoms with van der Waals surface area (Å²) in [5, 5.41) is 3.29. The summed E-state index contributed by atoms with van der Waals surface area (Å²) in [6, 6.07) is 4.73. The maximum absolute atomic E-state index is 13.7. The Morgan fingerprint density at radius 2 is 2.20 bits per heavy atom. The first-order valence-electron chi connectivity index (χ1n) is 6.58. The standard InChI is InChI=1S/C15H19FN2O2/c1-10(2)7-17-8-13-15(20-9-18-13)11-4-5-14(19-3)12(16)6-11/h4-6,9-10,17H,7-8H2,1-3H3. The predicted octanol–water partition coefficient (Wildman–Crippen LogP) is 3.23. The molecule has 108 valence electrons. The Balaban J connectivity index is 2.17. The number of methoxy groups -OCH3 is 1. The van der Waals surface area contributed by atoms with Crippen molar-refractivity contribution in [1.29, 1.82) is 0 Å². The first kappa shape index (κ1) is 14.5. The topological polar surface area (TPSA) is 47.3 Å². The molecular formula is C15H19FN2O2. The summed E-state index contributed by atoms with van der Waals surface area (Å²) < 4.78 is 24.0. The van der Waals surface area contributed by atoms with Crippen LogP contribution in [0.15, 0.2) is 29.0 Å². The predicted molar refractivity (Wildman–Crippen MR) is 75.0 cm³/mol. The summed E-state index contributed by atoms with van der Waals surface area (Å²) in [5.74, 6) is 0.946. The van der Waals surface area contributed by atoms with Crippen molar-refractivity contribution >= 4 is 0 Å². The Hall–Kier alpha value is -1.88. The van der Waals surface area contributed by atoms with Gasteiger partial charge < -0.3 is 14.5 Å². The highest BCUT2D eigenvalue weighted by Crippen LogP contribution is 2.27. The summed E-state index contributed by atoms with van der Waals surface area (Å²) in [6.07, 6.45) is 1.38. The van der Waals surface area contributed by atoms with Gasteiger partial charge in [0.15, 0.2) is 23.7 Å². The minimum atomic E-state index is -0.414. The highest BCUT2D eigenvalue weighted by Gasteiger charge is 2.13. The van der Waals surface area contributed by atoms with Crippen LogP contribution in [0.25, 0.3) is 11.3 Å². The molecule has 0 aliphatic heterocycles. The van der Waals surface area contributed by atoms with Crippen LogP contribution in [-0.2, 0) is 6.54 Å². The number of ether oxygens (including phenoxy) is 1. The van der Waals surface area contributed by atoms with Crippen LogP contribution in [0.1, 0.15) is 19.5 Å². The molecule has 0 fully saturated rings. The van der Waals surface area contributed by atoms with E-state index in [4.69, 9.17) is 9.15 Å². The van der Waals surface area contributed by atoms with E-state index in [2.05, 4.69) is 24.1 Å². The Bertz CT molecular complexity index is 567. The van der Waals surface area contributed by atoms with Crippen LogP contribution in [-0.4, -0.2) is 18.6 Å². The van der Waals surface area contributed by atoms with Crippen LogP contribution in [0.2, 0.25) is 0 Å². The molecule has 0 spiro atoms. The zero-order valence-corrected chi connectivity index (χ0v) is 11.9. The SMILES string of the molecule is COc1ccc(-c2ocnc2CNCC(C)C)cc1F. The van der Waals surface area contributed by atoms with E-state index in [1.54, 1.807) is 12.1 Å². The molecule has 0 saturated carbocycles. The molecule has 20 heavy (non-hydrogen) atoms. The molecule has 5 heteroatoms. The number of nitrogens with one attached hydrogen (secondary N) is 1. The lowest BCUT2D eigenvalue weighted by atomic mass is 10.1. The third-order valence-corrected chi connectivity index (χ3v) is 2.90. The quantitative estimate of drug-likeness (QED) is 0.881. The largest absolute Gasteiger partial charge is 0.494 e. The van der Waals surface area contributed by atoms with Gasteiger partial charge in [0.2, 0.25) is 0 Å². The number of hydrogen-bond donors (Lipinski definition) is 1. The van der Waals surface area contributed by atoms with Crippen LogP contribution < -0.4 is 10.1 Å². The molecule has 0 saturated heterocycles. The normalized spacial score (nSPS) is 11.1. The van der Waals surface area contributed by atoms with Gasteiger partial charge in [0.05, 0.1) is 7.11 Å². The second kappa shape index (κ2) is 6.52. The van der Waals surface area contributed by atoms with Gasteiger partial charge in [0.1, 0.15) is 5.69 Å². The van der Waals surface area contributed by atoms with Gasteiger partial charge in [-0.2, -0.15) is 0 Å². The molecule has 1 heterocycles. The van der Waals surface area contributed by atoms with Gasteiger partial charge in [-0.25, -0.2) is 9.37 Å². The van der Waals surface area contributed by atoms with Crippen LogP contribution in [0.3, 0.4) is 0 Å². The van der Waals surface area contributed by atoms with Gasteiger partial charge in [-0.05, 0) is 30.7 Å². The second-order valence-corrected chi connectivity index (χ2v) is 5.00. The van der Waals surface area contributed by atoms with E-state index < -0.39 is 5.82 Å². The average molecular weight is 278 g/mol. The zero-order chi connectivity index (χ0) is 14.5. The van der Waals surface area contributed by atoms with E-state index in [1.165, 1.54) is 19.6 Å². The third kappa shape index (κ3) is 3.36. The average Bonchev–Trinajstić information content (AvgIpc) is 2.86. The van der Waals surface area contributed by atoms with Gasteiger partial charge in [-0.15, -0.1) is 0 Å². The summed E-state index contributed by atoms with van der Waals surface area (Å²) in [6.45, 7) is 5.76. The number of rotatable bonds is 6. The van der Waals surface area contributed by atoms with E-state index in [0.717, 1.165) is 12.2 Å². The first-order valence-corrected chi connectivity index (χ1v) is 6.58. The van der Waals surface area contributed by atoms with Crippen LogP contribution in [0.5, 0.6) is 5.75 Å². The molecule has 0 aliphatic carbocycles. The van der Waals surface area contributed by atoms with E-state index in [9.17, 15) is 4.39 Å². The summed E-state index contributed by atoms with van der Waals surface area (Å²) in [7, 11) is 1.44. The fourth-order valence-electron chi connectivity index (χ4n) is 1.92. The van der Waals surface area contributed by atoms with Crippen molar-refractivity contribution in [2.24, 2.45) is 5.92 Å². The fourth-order valence-corrected chi connectivity index (χ4v) is 1.92. The van der Waals surface area contributed by atoms with Gasteiger partial charge >= 0.3 is 0 Å². The van der Waals surface area contributed by atoms with Gasteiger partial charge in [-0.1, -0.05) is 13.8 Å². The van der Waals surface area contributed by atoms with Crippen molar-refractivity contribution in [3.8, 4) is 17.1 Å².